The maximum Gasteiger partial charge on any atom is 0.407 e. The van der Waals surface area contributed by atoms with Crippen LogP contribution in [0, 0.1) is 0 Å². The fourth-order valence-electron chi connectivity index (χ4n) is 1.86. The molecule has 1 aliphatic rings. The van der Waals surface area contributed by atoms with Crippen LogP contribution in [0.3, 0.4) is 0 Å². The first-order valence-corrected chi connectivity index (χ1v) is 6.63. The summed E-state index contributed by atoms with van der Waals surface area (Å²) in [5, 5.41) is 6.37. The smallest absolute Gasteiger partial charge is 0.407 e. The predicted molar refractivity (Wildman–Crippen MR) is 69.1 cm³/mol. The Morgan fingerprint density at radius 1 is 1.29 bits per heavy atom. The van der Waals surface area contributed by atoms with Gasteiger partial charge >= 0.3 is 6.09 Å². The van der Waals surface area contributed by atoms with Gasteiger partial charge in [-0.05, 0) is 46.6 Å². The van der Waals surface area contributed by atoms with E-state index in [1.165, 1.54) is 12.8 Å². The third kappa shape index (κ3) is 5.91. The molecule has 2 N–H and O–H groups in total. The molecule has 1 fully saturated rings. The number of carbonyl (C=O) groups excluding carboxylic acids is 1. The fraction of sp³-hybridized carbons (Fsp3) is 0.923. The van der Waals surface area contributed by atoms with Crippen LogP contribution in [0.4, 0.5) is 4.79 Å². The second-order valence-corrected chi connectivity index (χ2v) is 5.82. The molecule has 0 aromatic carbocycles. The number of unbranched alkanes of at least 4 members (excludes halogenated alkanes) is 1. The van der Waals surface area contributed by atoms with E-state index in [0.717, 1.165) is 19.4 Å². The summed E-state index contributed by atoms with van der Waals surface area (Å²) >= 11 is 0. The van der Waals surface area contributed by atoms with E-state index in [2.05, 4.69) is 17.6 Å². The Kier molecular flexibility index (Phi) is 5.25. The molecule has 0 heterocycles. The number of alkyl carbamates (subject to hydrolysis) is 1. The maximum atomic E-state index is 11.5. The van der Waals surface area contributed by atoms with Crippen LogP contribution in [0.1, 0.15) is 53.4 Å². The number of nitrogens with one attached hydrogen (secondary N) is 2. The lowest BCUT2D eigenvalue weighted by Crippen LogP contribution is -2.53. The van der Waals surface area contributed by atoms with Gasteiger partial charge in [0, 0.05) is 12.1 Å². The van der Waals surface area contributed by atoms with Gasteiger partial charge in [0.15, 0.2) is 0 Å². The SMILES string of the molecule is CCCCNC1CC(NC(=O)OC(C)(C)C)C1. The molecule has 0 aliphatic heterocycles. The first-order valence-electron chi connectivity index (χ1n) is 6.63. The summed E-state index contributed by atoms with van der Waals surface area (Å²) in [4.78, 5) is 11.5. The van der Waals surface area contributed by atoms with Crippen LogP contribution in [-0.4, -0.2) is 30.3 Å². The molecular formula is C13H26N2O2. The number of hydrogen-bond acceptors (Lipinski definition) is 3. The van der Waals surface area contributed by atoms with E-state index in [9.17, 15) is 4.79 Å². The quantitative estimate of drug-likeness (QED) is 0.728. The number of carbonyl (C=O) groups is 1. The van der Waals surface area contributed by atoms with E-state index >= 15 is 0 Å². The van der Waals surface area contributed by atoms with Gasteiger partial charge in [-0.2, -0.15) is 0 Å². The monoisotopic (exact) mass is 242 g/mol. The fourth-order valence-corrected chi connectivity index (χ4v) is 1.86. The van der Waals surface area contributed by atoms with Gasteiger partial charge < -0.3 is 15.4 Å². The van der Waals surface area contributed by atoms with Crippen LogP contribution >= 0.6 is 0 Å². The van der Waals surface area contributed by atoms with Gasteiger partial charge in [0.25, 0.3) is 0 Å². The molecule has 1 amide bonds. The molecule has 0 spiro atoms. The zero-order chi connectivity index (χ0) is 12.9. The predicted octanol–water partition coefficient (Wildman–Crippen LogP) is 2.43. The molecule has 0 aromatic rings. The van der Waals surface area contributed by atoms with E-state index in [4.69, 9.17) is 4.74 Å². The van der Waals surface area contributed by atoms with Gasteiger partial charge in [0.1, 0.15) is 5.60 Å². The van der Waals surface area contributed by atoms with Gasteiger partial charge in [-0.3, -0.25) is 0 Å². The summed E-state index contributed by atoms with van der Waals surface area (Å²) in [6.45, 7) is 8.91. The summed E-state index contributed by atoms with van der Waals surface area (Å²) in [5.74, 6) is 0. The van der Waals surface area contributed by atoms with Gasteiger partial charge in [0.05, 0.1) is 0 Å². The highest BCUT2D eigenvalue weighted by molar-refractivity contribution is 5.68. The molecule has 1 saturated carbocycles. The van der Waals surface area contributed by atoms with Crippen molar-refractivity contribution in [3.63, 3.8) is 0 Å². The Bertz CT molecular complexity index is 242. The van der Waals surface area contributed by atoms with Crippen molar-refractivity contribution in [2.75, 3.05) is 6.54 Å². The Balaban J connectivity index is 2.07. The van der Waals surface area contributed by atoms with E-state index in [1.807, 2.05) is 20.8 Å². The molecule has 0 aromatic heterocycles. The maximum absolute atomic E-state index is 11.5. The van der Waals surface area contributed by atoms with Crippen molar-refractivity contribution in [1.82, 2.24) is 10.6 Å². The molecule has 0 unspecified atom stereocenters. The van der Waals surface area contributed by atoms with Crippen molar-refractivity contribution < 1.29 is 9.53 Å². The standard InChI is InChI=1S/C13H26N2O2/c1-5-6-7-14-10-8-11(9-10)15-12(16)17-13(2,3)4/h10-11,14H,5-9H2,1-4H3,(H,15,16). The number of hydrogen-bond donors (Lipinski definition) is 2. The van der Waals surface area contributed by atoms with Gasteiger partial charge in [0.2, 0.25) is 0 Å². The third-order valence-corrected chi connectivity index (χ3v) is 2.82. The minimum absolute atomic E-state index is 0.281. The Morgan fingerprint density at radius 2 is 1.94 bits per heavy atom. The molecule has 4 nitrogen and oxygen atoms in total. The Morgan fingerprint density at radius 3 is 2.47 bits per heavy atom. The lowest BCUT2D eigenvalue weighted by Gasteiger charge is -2.36. The number of ether oxygens (including phenoxy) is 1. The Hall–Kier alpha value is -0.770. The van der Waals surface area contributed by atoms with Crippen LogP contribution in [0.2, 0.25) is 0 Å². The van der Waals surface area contributed by atoms with Crippen LogP contribution in [-0.2, 0) is 4.74 Å². The largest absolute Gasteiger partial charge is 0.444 e. The molecule has 0 atom stereocenters. The second kappa shape index (κ2) is 6.24. The molecule has 100 valence electrons. The van der Waals surface area contributed by atoms with Crippen LogP contribution in [0.5, 0.6) is 0 Å². The summed E-state index contributed by atoms with van der Waals surface area (Å²) in [7, 11) is 0. The van der Waals surface area contributed by atoms with E-state index in [0.29, 0.717) is 6.04 Å². The summed E-state index contributed by atoms with van der Waals surface area (Å²) in [5.41, 5.74) is -0.410. The zero-order valence-electron chi connectivity index (χ0n) is 11.5. The second-order valence-electron chi connectivity index (χ2n) is 5.82. The normalized spacial score (nSPS) is 24.0. The number of amides is 1. The van der Waals surface area contributed by atoms with Crippen molar-refractivity contribution in [1.29, 1.82) is 0 Å². The highest BCUT2D eigenvalue weighted by Gasteiger charge is 2.30. The van der Waals surface area contributed by atoms with Crippen molar-refractivity contribution in [2.24, 2.45) is 0 Å². The zero-order valence-corrected chi connectivity index (χ0v) is 11.5. The lowest BCUT2D eigenvalue weighted by molar-refractivity contribution is 0.0465. The molecule has 1 aliphatic carbocycles. The summed E-state index contributed by atoms with van der Waals surface area (Å²) in [6.07, 6.45) is 4.18. The highest BCUT2D eigenvalue weighted by atomic mass is 16.6. The third-order valence-electron chi connectivity index (χ3n) is 2.82. The molecule has 0 bridgehead atoms. The van der Waals surface area contributed by atoms with Gasteiger partial charge in [-0.1, -0.05) is 13.3 Å². The van der Waals surface area contributed by atoms with Gasteiger partial charge in [-0.25, -0.2) is 4.79 Å². The first-order chi connectivity index (χ1) is 7.90. The molecule has 17 heavy (non-hydrogen) atoms. The van der Waals surface area contributed by atoms with E-state index in [1.54, 1.807) is 0 Å². The molecule has 4 heteroatoms. The van der Waals surface area contributed by atoms with Crippen molar-refractivity contribution in [3.05, 3.63) is 0 Å². The first kappa shape index (κ1) is 14.3. The van der Waals surface area contributed by atoms with Crippen molar-refractivity contribution in [3.8, 4) is 0 Å². The van der Waals surface area contributed by atoms with Crippen LogP contribution in [0.15, 0.2) is 0 Å². The molecular weight excluding hydrogens is 216 g/mol. The highest BCUT2D eigenvalue weighted by Crippen LogP contribution is 2.20. The van der Waals surface area contributed by atoms with Gasteiger partial charge in [-0.15, -0.1) is 0 Å². The van der Waals surface area contributed by atoms with E-state index in [-0.39, 0.29) is 12.1 Å². The lowest BCUT2D eigenvalue weighted by atomic mass is 9.87. The average Bonchev–Trinajstić information content (AvgIpc) is 2.10. The molecule has 0 radical (unpaired) electrons. The molecule has 1 rings (SSSR count). The topological polar surface area (TPSA) is 50.4 Å². The summed E-state index contributed by atoms with van der Waals surface area (Å²) in [6, 6.07) is 0.852. The van der Waals surface area contributed by atoms with E-state index < -0.39 is 5.60 Å². The van der Waals surface area contributed by atoms with Crippen LogP contribution in [0.25, 0.3) is 0 Å². The minimum atomic E-state index is -0.410. The van der Waals surface area contributed by atoms with Crippen molar-refractivity contribution in [2.45, 2.75) is 71.1 Å². The van der Waals surface area contributed by atoms with Crippen molar-refractivity contribution >= 4 is 6.09 Å². The van der Waals surface area contributed by atoms with Crippen LogP contribution < -0.4 is 10.6 Å². The molecule has 0 saturated heterocycles. The number of rotatable bonds is 5. The summed E-state index contributed by atoms with van der Waals surface area (Å²) < 4.78 is 5.21. The Labute approximate surface area is 104 Å². The average molecular weight is 242 g/mol. The minimum Gasteiger partial charge on any atom is -0.444 e.